The van der Waals surface area contributed by atoms with Crippen LogP contribution in [0, 0.1) is 0 Å². The number of unbranched alkanes of at least 4 members (excludes halogenated alkanes) is 28. The average Bonchev–Trinajstić information content (AvgIpc) is 0.939. The number of aliphatic hydroxyl groups is 1. The first kappa shape index (κ1) is 97.5. The molecule has 586 valence electrons. The first-order valence-corrected chi connectivity index (χ1v) is 42.8. The molecule has 5 atom stereocenters. The predicted octanol–water partition coefficient (Wildman–Crippen LogP) is 23.1. The van der Waals surface area contributed by atoms with Gasteiger partial charge in [0.2, 0.25) is 0 Å². The van der Waals surface area contributed by atoms with Crippen LogP contribution in [0.5, 0.6) is 0 Å². The normalized spacial score (nSPS) is 14.5. The fraction of sp³-hybridized carbons (Fsp3) is 0.711. The highest BCUT2D eigenvalue weighted by Gasteiger charge is 2.30. The second-order valence-corrected chi connectivity index (χ2v) is 29.2. The fourth-order valence-corrected chi connectivity index (χ4v) is 12.0. The third-order valence-electron chi connectivity index (χ3n) is 16.4. The summed E-state index contributed by atoms with van der Waals surface area (Å²) in [6.07, 6.45) is 81.8. The smallest absolute Gasteiger partial charge is 0.462 e. The van der Waals surface area contributed by atoms with Crippen LogP contribution in [0.1, 0.15) is 323 Å². The van der Waals surface area contributed by atoms with Crippen LogP contribution in [-0.2, 0) is 65.4 Å². The van der Waals surface area contributed by atoms with E-state index in [2.05, 4.69) is 137 Å². The van der Waals surface area contributed by atoms with Gasteiger partial charge in [-0.2, -0.15) is 0 Å². The first-order chi connectivity index (χ1) is 49.7. The molecule has 0 rings (SSSR count). The van der Waals surface area contributed by atoms with Gasteiger partial charge in [0.1, 0.15) is 19.3 Å². The van der Waals surface area contributed by atoms with Crippen LogP contribution in [0.25, 0.3) is 0 Å². The Morgan fingerprint density at radius 2 is 0.539 bits per heavy atom. The van der Waals surface area contributed by atoms with Gasteiger partial charge in [0.05, 0.1) is 26.4 Å². The molecule has 5 unspecified atom stereocenters. The van der Waals surface area contributed by atoms with Gasteiger partial charge in [-0.1, -0.05) is 297 Å². The Kier molecular flexibility index (Phi) is 71.4. The third kappa shape index (κ3) is 73.8. The quantitative estimate of drug-likeness (QED) is 0.0169. The molecule has 0 aliphatic carbocycles. The topological polar surface area (TPSA) is 237 Å². The molecule has 0 aliphatic rings. The summed E-state index contributed by atoms with van der Waals surface area (Å²) in [5.41, 5.74) is 0. The molecule has 3 N–H and O–H groups in total. The van der Waals surface area contributed by atoms with Crippen LogP contribution >= 0.6 is 15.6 Å². The number of allylic oxidation sites excluding steroid dienone is 20. The highest BCUT2D eigenvalue weighted by Crippen LogP contribution is 2.45. The molecule has 0 bridgehead atoms. The van der Waals surface area contributed by atoms with E-state index < -0.39 is 97.5 Å². The first-order valence-electron chi connectivity index (χ1n) is 39.8. The van der Waals surface area contributed by atoms with Crippen LogP contribution in [0.3, 0.4) is 0 Å². The Hall–Kier alpha value is -4.54. The number of phosphoric ester groups is 2. The summed E-state index contributed by atoms with van der Waals surface area (Å²) in [6.45, 7) is 4.52. The molecule has 0 aromatic carbocycles. The molecular weight excluding hydrogens is 1330 g/mol. The Morgan fingerprint density at radius 3 is 0.863 bits per heavy atom. The largest absolute Gasteiger partial charge is 0.472 e. The minimum atomic E-state index is -4.99. The van der Waals surface area contributed by atoms with Gasteiger partial charge in [-0.05, 0) is 122 Å². The summed E-state index contributed by atoms with van der Waals surface area (Å²) in [4.78, 5) is 73.0. The zero-order chi connectivity index (χ0) is 74.6. The second-order valence-electron chi connectivity index (χ2n) is 26.2. The Bertz CT molecular complexity index is 2410. The van der Waals surface area contributed by atoms with E-state index in [-0.39, 0.29) is 25.7 Å². The zero-order valence-corrected chi connectivity index (χ0v) is 65.8. The van der Waals surface area contributed by atoms with Gasteiger partial charge in [-0.15, -0.1) is 0 Å². The van der Waals surface area contributed by atoms with Crippen LogP contribution < -0.4 is 0 Å². The molecule has 0 aromatic heterocycles. The maximum Gasteiger partial charge on any atom is 0.472 e. The monoisotopic (exact) mass is 1470 g/mol. The average molecular weight is 1470 g/mol. The van der Waals surface area contributed by atoms with E-state index in [1.807, 2.05) is 12.2 Å². The van der Waals surface area contributed by atoms with Crippen molar-refractivity contribution in [2.45, 2.75) is 341 Å². The lowest BCUT2D eigenvalue weighted by Gasteiger charge is -2.21. The lowest BCUT2D eigenvalue weighted by molar-refractivity contribution is -0.161. The van der Waals surface area contributed by atoms with Crippen molar-refractivity contribution in [2.75, 3.05) is 39.6 Å². The van der Waals surface area contributed by atoms with E-state index in [4.69, 9.17) is 37.0 Å². The van der Waals surface area contributed by atoms with Crippen molar-refractivity contribution < 1.29 is 80.2 Å². The minimum absolute atomic E-state index is 0.0738. The number of ether oxygens (including phenoxy) is 4. The molecule has 0 radical (unpaired) electrons. The molecule has 0 aliphatic heterocycles. The Morgan fingerprint density at radius 1 is 0.284 bits per heavy atom. The molecule has 0 fully saturated rings. The summed E-state index contributed by atoms with van der Waals surface area (Å²) in [7, 11) is -9.98. The van der Waals surface area contributed by atoms with E-state index in [9.17, 15) is 43.2 Å². The molecule has 102 heavy (non-hydrogen) atoms. The number of carbonyl (C=O) groups excluding carboxylic acids is 4. The van der Waals surface area contributed by atoms with E-state index in [0.29, 0.717) is 32.1 Å². The molecule has 0 amide bonds. The number of hydrogen-bond donors (Lipinski definition) is 3. The van der Waals surface area contributed by atoms with E-state index in [1.54, 1.807) is 0 Å². The number of phosphoric acid groups is 2. The van der Waals surface area contributed by atoms with Gasteiger partial charge >= 0.3 is 39.5 Å². The van der Waals surface area contributed by atoms with Gasteiger partial charge in [0.15, 0.2) is 12.2 Å². The van der Waals surface area contributed by atoms with Gasteiger partial charge in [-0.25, -0.2) is 9.13 Å². The predicted molar refractivity (Wildman–Crippen MR) is 418 cm³/mol. The van der Waals surface area contributed by atoms with Crippen molar-refractivity contribution in [3.63, 3.8) is 0 Å². The minimum Gasteiger partial charge on any atom is -0.462 e. The third-order valence-corrected chi connectivity index (χ3v) is 18.3. The summed E-state index contributed by atoms with van der Waals surface area (Å²) < 4.78 is 68.5. The molecule has 0 spiro atoms. The maximum atomic E-state index is 13.1. The van der Waals surface area contributed by atoms with Crippen molar-refractivity contribution in [3.05, 3.63) is 122 Å². The molecule has 17 nitrogen and oxygen atoms in total. The Labute approximate surface area is 619 Å². The lowest BCUT2D eigenvalue weighted by Crippen LogP contribution is -2.30. The SMILES string of the molecule is CC/C=C\C/C=C\C/C=C\C/C=C\C/C=C\CCCC(=O)OCC(COP(=O)(O)OCC(O)COP(=O)(O)OCC(COC(=O)CCCCCCCCC/C=C\C/C=C\C/C=C\CC)OC(=O)CCCCCCC/C=C\C/C=C\CCC)OC(=O)CCCCCCCCCCCCCCCCC. The number of rotatable bonds is 74. The molecule has 19 heteroatoms. The summed E-state index contributed by atoms with van der Waals surface area (Å²) in [6, 6.07) is 0. The number of aliphatic hydroxyl groups excluding tert-OH is 1. The second kappa shape index (κ2) is 74.7. The number of carbonyl (C=O) groups is 4. The Balaban J connectivity index is 5.40. The molecule has 0 saturated heterocycles. The highest BCUT2D eigenvalue weighted by atomic mass is 31.2. The van der Waals surface area contributed by atoms with Gasteiger partial charge in [-0.3, -0.25) is 37.3 Å². The molecule has 0 aromatic rings. The maximum absolute atomic E-state index is 13.1. The fourth-order valence-electron chi connectivity index (χ4n) is 10.4. The van der Waals surface area contributed by atoms with Gasteiger partial charge in [0, 0.05) is 25.7 Å². The van der Waals surface area contributed by atoms with E-state index in [0.717, 1.165) is 173 Å². The van der Waals surface area contributed by atoms with E-state index >= 15 is 0 Å². The molecular formula is C83H142O17P2. The summed E-state index contributed by atoms with van der Waals surface area (Å²) >= 11 is 0. The van der Waals surface area contributed by atoms with Crippen LogP contribution in [0.2, 0.25) is 0 Å². The van der Waals surface area contributed by atoms with Gasteiger partial charge in [0.25, 0.3) is 0 Å². The van der Waals surface area contributed by atoms with Crippen molar-refractivity contribution in [3.8, 4) is 0 Å². The van der Waals surface area contributed by atoms with Crippen molar-refractivity contribution >= 4 is 39.5 Å². The standard InChI is InChI=1S/C83H142O17P2/c1-5-9-13-17-21-25-29-33-36-38-41-44-47-51-55-59-63-67-80(85)93-73-78(99-82(87)69-65-61-57-53-49-43-32-28-24-20-16-12-8-4)75-97-101(89,90)95-71-77(84)72-96-102(91,92)98-76-79(100-83(88)70-66-62-58-54-50-46-40-35-31-27-23-19-15-11-7-3)74-94-81(86)68-64-60-56-52-48-45-42-39-37-34-30-26-22-18-14-10-6-2/h9-10,13-14,16,20-22,25-26,28,32-34,36-37,42,45,52,56,77-79,84H,5-8,11-12,15,17-19,23-24,27,29-31,35,38-41,43-44,46-51,53-55,57-76H2,1-4H3,(H,89,90)(H,91,92)/b13-9-,14-10-,20-16-,25-21-,26-22-,32-28-,36-33-,37-34-,45-42-,56-52-. The summed E-state index contributed by atoms with van der Waals surface area (Å²) in [5.74, 6) is -2.26. The van der Waals surface area contributed by atoms with Crippen LogP contribution in [0.15, 0.2) is 122 Å². The lowest BCUT2D eigenvalue weighted by atomic mass is 10.0. The van der Waals surface area contributed by atoms with Gasteiger partial charge < -0.3 is 33.8 Å². The molecule has 0 saturated carbocycles. The van der Waals surface area contributed by atoms with Crippen LogP contribution in [0.4, 0.5) is 0 Å². The number of hydrogen-bond acceptors (Lipinski definition) is 15. The summed E-state index contributed by atoms with van der Waals surface area (Å²) in [5, 5.41) is 10.6. The highest BCUT2D eigenvalue weighted by molar-refractivity contribution is 7.47. The van der Waals surface area contributed by atoms with Crippen molar-refractivity contribution in [2.24, 2.45) is 0 Å². The molecule has 0 heterocycles. The van der Waals surface area contributed by atoms with Crippen molar-refractivity contribution in [1.29, 1.82) is 0 Å². The number of esters is 4. The van der Waals surface area contributed by atoms with E-state index in [1.165, 1.54) is 64.2 Å². The van der Waals surface area contributed by atoms with Crippen molar-refractivity contribution in [1.82, 2.24) is 0 Å². The van der Waals surface area contributed by atoms with Crippen LogP contribution in [-0.4, -0.2) is 96.7 Å². The zero-order valence-electron chi connectivity index (χ0n) is 64.0.